The van der Waals surface area contributed by atoms with Crippen molar-refractivity contribution < 1.29 is 9.47 Å². The van der Waals surface area contributed by atoms with E-state index >= 15 is 0 Å². The second-order valence-electron chi connectivity index (χ2n) is 7.53. The molecular formula is C17H27N3O2Si. The van der Waals surface area contributed by atoms with E-state index in [4.69, 9.17) is 14.5 Å². The SMILES string of the molecule is CC1CCNc2cc3ccn(COCC[Si](C)(C)C)c3nc2O1. The van der Waals surface area contributed by atoms with Gasteiger partial charge in [0, 0.05) is 39.2 Å². The summed E-state index contributed by atoms with van der Waals surface area (Å²) < 4.78 is 13.8. The number of pyridine rings is 1. The summed E-state index contributed by atoms with van der Waals surface area (Å²) in [6.07, 6.45) is 3.21. The van der Waals surface area contributed by atoms with Gasteiger partial charge in [-0.3, -0.25) is 0 Å². The number of ether oxygens (including phenoxy) is 2. The van der Waals surface area contributed by atoms with Crippen LogP contribution in [-0.4, -0.2) is 36.9 Å². The fraction of sp³-hybridized carbons (Fsp3) is 0.588. The van der Waals surface area contributed by atoms with Crippen LogP contribution in [0, 0.1) is 0 Å². The van der Waals surface area contributed by atoms with E-state index in [2.05, 4.69) is 48.6 Å². The molecular weight excluding hydrogens is 306 g/mol. The van der Waals surface area contributed by atoms with Gasteiger partial charge in [0.2, 0.25) is 5.88 Å². The van der Waals surface area contributed by atoms with Gasteiger partial charge in [-0.05, 0) is 25.1 Å². The lowest BCUT2D eigenvalue weighted by Crippen LogP contribution is -2.22. The Morgan fingerprint density at radius 3 is 3.04 bits per heavy atom. The molecule has 126 valence electrons. The van der Waals surface area contributed by atoms with Gasteiger partial charge in [0.25, 0.3) is 0 Å². The van der Waals surface area contributed by atoms with Gasteiger partial charge >= 0.3 is 0 Å². The monoisotopic (exact) mass is 333 g/mol. The summed E-state index contributed by atoms with van der Waals surface area (Å²) in [5.74, 6) is 0.699. The lowest BCUT2D eigenvalue weighted by molar-refractivity contribution is 0.0898. The third-order valence-electron chi connectivity index (χ3n) is 4.11. The lowest BCUT2D eigenvalue weighted by atomic mass is 10.3. The summed E-state index contributed by atoms with van der Waals surface area (Å²) in [7, 11) is -1.04. The van der Waals surface area contributed by atoms with Crippen LogP contribution < -0.4 is 10.1 Å². The maximum atomic E-state index is 5.94. The Kier molecular flexibility index (Phi) is 4.64. The molecule has 3 heterocycles. The molecule has 5 nitrogen and oxygen atoms in total. The van der Waals surface area contributed by atoms with Crippen molar-refractivity contribution in [3.63, 3.8) is 0 Å². The molecule has 1 aliphatic rings. The van der Waals surface area contributed by atoms with Crippen LogP contribution in [0.15, 0.2) is 18.3 Å². The quantitative estimate of drug-likeness (QED) is 0.665. The number of rotatable bonds is 5. The average molecular weight is 334 g/mol. The van der Waals surface area contributed by atoms with Crippen molar-refractivity contribution in [1.29, 1.82) is 0 Å². The molecule has 23 heavy (non-hydrogen) atoms. The summed E-state index contributed by atoms with van der Waals surface area (Å²) in [5.41, 5.74) is 1.91. The summed E-state index contributed by atoms with van der Waals surface area (Å²) in [5, 5.41) is 4.52. The molecule has 0 saturated carbocycles. The number of aromatic nitrogens is 2. The Bertz CT molecular complexity index is 678. The zero-order chi connectivity index (χ0) is 16.4. The van der Waals surface area contributed by atoms with Crippen molar-refractivity contribution >= 4 is 24.8 Å². The second-order valence-corrected chi connectivity index (χ2v) is 13.2. The van der Waals surface area contributed by atoms with Gasteiger partial charge in [0.05, 0.1) is 11.8 Å². The summed E-state index contributed by atoms with van der Waals surface area (Å²) in [6, 6.07) is 5.38. The third-order valence-corrected chi connectivity index (χ3v) is 5.81. The number of hydrogen-bond donors (Lipinski definition) is 1. The van der Waals surface area contributed by atoms with Crippen LogP contribution in [0.1, 0.15) is 13.3 Å². The topological polar surface area (TPSA) is 48.3 Å². The standard InChI is InChI=1S/C17H27N3O2Si/c1-13-5-7-18-15-11-14-6-8-20(16(14)19-17(15)22-13)12-21-9-10-23(2,3)4/h6,8,11,13,18H,5,7,9-10,12H2,1-4H3. The molecule has 0 spiro atoms. The Balaban J connectivity index is 1.75. The normalized spacial score (nSPS) is 18.2. The van der Waals surface area contributed by atoms with Crippen LogP contribution in [0.25, 0.3) is 11.0 Å². The molecule has 0 radical (unpaired) electrons. The first-order chi connectivity index (χ1) is 10.9. The number of nitrogens with zero attached hydrogens (tertiary/aromatic N) is 2. The maximum Gasteiger partial charge on any atom is 0.239 e. The van der Waals surface area contributed by atoms with Crippen LogP contribution in [0.4, 0.5) is 5.69 Å². The predicted molar refractivity (Wildman–Crippen MR) is 97.0 cm³/mol. The highest BCUT2D eigenvalue weighted by molar-refractivity contribution is 6.76. The van der Waals surface area contributed by atoms with Gasteiger partial charge in [-0.15, -0.1) is 0 Å². The summed E-state index contributed by atoms with van der Waals surface area (Å²) in [4.78, 5) is 4.72. The number of anilines is 1. The van der Waals surface area contributed by atoms with Crippen molar-refractivity contribution in [3.05, 3.63) is 18.3 Å². The van der Waals surface area contributed by atoms with E-state index in [0.717, 1.165) is 36.3 Å². The van der Waals surface area contributed by atoms with E-state index in [0.29, 0.717) is 12.6 Å². The van der Waals surface area contributed by atoms with Crippen molar-refractivity contribution in [2.24, 2.45) is 0 Å². The maximum absolute atomic E-state index is 5.94. The van der Waals surface area contributed by atoms with Crippen LogP contribution >= 0.6 is 0 Å². The number of hydrogen-bond acceptors (Lipinski definition) is 4. The van der Waals surface area contributed by atoms with Crippen molar-refractivity contribution in [1.82, 2.24) is 9.55 Å². The van der Waals surface area contributed by atoms with E-state index in [1.807, 2.05) is 6.20 Å². The second kappa shape index (κ2) is 6.53. The number of fused-ring (bicyclic) bond motifs is 2. The summed E-state index contributed by atoms with van der Waals surface area (Å²) >= 11 is 0. The zero-order valence-corrected chi connectivity index (χ0v) is 15.6. The van der Waals surface area contributed by atoms with E-state index in [1.165, 1.54) is 6.04 Å². The molecule has 3 rings (SSSR count). The number of nitrogens with one attached hydrogen (secondary N) is 1. The molecule has 1 atom stereocenters. The molecule has 0 aromatic carbocycles. The molecule has 0 aliphatic carbocycles. The average Bonchev–Trinajstić information content (AvgIpc) is 2.74. The molecule has 0 fully saturated rings. The van der Waals surface area contributed by atoms with Gasteiger partial charge in [0.1, 0.15) is 12.4 Å². The largest absolute Gasteiger partial charge is 0.473 e. The Morgan fingerprint density at radius 1 is 1.43 bits per heavy atom. The minimum atomic E-state index is -1.04. The molecule has 1 unspecified atom stereocenters. The Labute approximate surface area is 139 Å². The molecule has 2 aromatic rings. The highest BCUT2D eigenvalue weighted by Crippen LogP contribution is 2.30. The summed E-state index contributed by atoms with van der Waals surface area (Å²) in [6.45, 7) is 11.5. The first-order valence-electron chi connectivity index (χ1n) is 8.40. The fourth-order valence-corrected chi connectivity index (χ4v) is 3.37. The van der Waals surface area contributed by atoms with Crippen molar-refractivity contribution in [2.75, 3.05) is 18.5 Å². The van der Waals surface area contributed by atoms with Gasteiger partial charge in [0.15, 0.2) is 0 Å². The van der Waals surface area contributed by atoms with Crippen LogP contribution in [-0.2, 0) is 11.5 Å². The van der Waals surface area contributed by atoms with E-state index in [-0.39, 0.29) is 6.10 Å². The van der Waals surface area contributed by atoms with Gasteiger partial charge in [-0.25, -0.2) is 0 Å². The first kappa shape index (κ1) is 16.3. The Hall–Kier alpha value is -1.53. The lowest BCUT2D eigenvalue weighted by Gasteiger charge is -2.16. The fourth-order valence-electron chi connectivity index (χ4n) is 2.62. The molecule has 1 N–H and O–H groups in total. The minimum absolute atomic E-state index is 0.185. The van der Waals surface area contributed by atoms with Crippen LogP contribution in [0.3, 0.4) is 0 Å². The Morgan fingerprint density at radius 2 is 2.26 bits per heavy atom. The van der Waals surface area contributed by atoms with Crippen molar-refractivity contribution in [2.45, 2.75) is 51.9 Å². The van der Waals surface area contributed by atoms with E-state index in [1.54, 1.807) is 0 Å². The van der Waals surface area contributed by atoms with Gasteiger partial charge < -0.3 is 19.4 Å². The predicted octanol–water partition coefficient (Wildman–Crippen LogP) is 3.93. The van der Waals surface area contributed by atoms with E-state index in [9.17, 15) is 0 Å². The smallest absolute Gasteiger partial charge is 0.239 e. The van der Waals surface area contributed by atoms with Crippen molar-refractivity contribution in [3.8, 4) is 5.88 Å². The van der Waals surface area contributed by atoms with Crippen LogP contribution in [0.2, 0.25) is 25.7 Å². The third kappa shape index (κ3) is 4.06. The van der Waals surface area contributed by atoms with Gasteiger partial charge in [-0.2, -0.15) is 4.98 Å². The first-order valence-corrected chi connectivity index (χ1v) is 12.1. The molecule has 6 heteroatoms. The minimum Gasteiger partial charge on any atom is -0.473 e. The highest BCUT2D eigenvalue weighted by atomic mass is 28.3. The molecule has 0 bridgehead atoms. The molecule has 0 amide bonds. The van der Waals surface area contributed by atoms with Crippen LogP contribution in [0.5, 0.6) is 5.88 Å². The highest BCUT2D eigenvalue weighted by Gasteiger charge is 2.17. The molecule has 1 aliphatic heterocycles. The van der Waals surface area contributed by atoms with Gasteiger partial charge in [-0.1, -0.05) is 19.6 Å². The zero-order valence-electron chi connectivity index (χ0n) is 14.6. The molecule has 0 saturated heterocycles. The van der Waals surface area contributed by atoms with E-state index < -0.39 is 8.07 Å². The molecule has 2 aromatic heterocycles.